The molecular formula is C18H16O4. The van der Waals surface area contributed by atoms with Crippen LogP contribution < -0.4 is 4.74 Å². The van der Waals surface area contributed by atoms with Gasteiger partial charge in [0.1, 0.15) is 5.75 Å². The third kappa shape index (κ3) is 3.82. The number of hydrogen-bond donors (Lipinski definition) is 0. The first-order valence-electron chi connectivity index (χ1n) is 6.71. The molecule has 0 aliphatic rings. The summed E-state index contributed by atoms with van der Waals surface area (Å²) in [7, 11) is 1.55. The lowest BCUT2D eigenvalue weighted by Gasteiger charge is -2.05. The van der Waals surface area contributed by atoms with Crippen LogP contribution in [0.2, 0.25) is 0 Å². The zero-order valence-electron chi connectivity index (χ0n) is 12.2. The molecule has 0 aromatic heterocycles. The van der Waals surface area contributed by atoms with Gasteiger partial charge in [-0.2, -0.15) is 0 Å². The van der Waals surface area contributed by atoms with Crippen LogP contribution in [0.3, 0.4) is 0 Å². The standard InChI is InChI=1S/C18H16O4/c1-3-13-4-6-15(7-5-13)18(20)22-12-17(19)14-8-10-16(21-2)11-9-14/h3-11H,1,12H2,2H3. The van der Waals surface area contributed by atoms with Crippen LogP contribution in [0.4, 0.5) is 0 Å². The van der Waals surface area contributed by atoms with Crippen LogP contribution in [0.5, 0.6) is 5.75 Å². The van der Waals surface area contributed by atoms with E-state index < -0.39 is 5.97 Å². The Labute approximate surface area is 129 Å². The third-order valence-corrected chi connectivity index (χ3v) is 3.13. The van der Waals surface area contributed by atoms with E-state index in [-0.39, 0.29) is 12.4 Å². The minimum Gasteiger partial charge on any atom is -0.497 e. The van der Waals surface area contributed by atoms with Crippen molar-refractivity contribution >= 4 is 17.8 Å². The van der Waals surface area contributed by atoms with E-state index in [2.05, 4.69) is 6.58 Å². The summed E-state index contributed by atoms with van der Waals surface area (Å²) in [5.74, 6) is -0.132. The van der Waals surface area contributed by atoms with Crippen LogP contribution in [0.15, 0.2) is 55.1 Å². The van der Waals surface area contributed by atoms with Gasteiger partial charge in [0.2, 0.25) is 0 Å². The van der Waals surface area contributed by atoms with Gasteiger partial charge in [-0.1, -0.05) is 24.8 Å². The molecule has 0 spiro atoms. The summed E-state index contributed by atoms with van der Waals surface area (Å²) in [6.07, 6.45) is 1.68. The van der Waals surface area contributed by atoms with Gasteiger partial charge in [-0.3, -0.25) is 4.79 Å². The Morgan fingerprint density at radius 3 is 2.14 bits per heavy atom. The van der Waals surface area contributed by atoms with Gasteiger partial charge in [-0.15, -0.1) is 0 Å². The van der Waals surface area contributed by atoms with E-state index in [1.807, 2.05) is 0 Å². The Morgan fingerprint density at radius 2 is 1.59 bits per heavy atom. The third-order valence-electron chi connectivity index (χ3n) is 3.13. The second-order valence-corrected chi connectivity index (χ2v) is 4.55. The predicted octanol–water partition coefficient (Wildman–Crippen LogP) is 3.38. The fourth-order valence-corrected chi connectivity index (χ4v) is 1.83. The predicted molar refractivity (Wildman–Crippen MR) is 84.1 cm³/mol. The highest BCUT2D eigenvalue weighted by molar-refractivity contribution is 5.99. The van der Waals surface area contributed by atoms with E-state index in [0.29, 0.717) is 16.9 Å². The van der Waals surface area contributed by atoms with Gasteiger partial charge in [0, 0.05) is 5.56 Å². The zero-order valence-corrected chi connectivity index (χ0v) is 12.2. The quantitative estimate of drug-likeness (QED) is 0.606. The first-order chi connectivity index (χ1) is 10.6. The molecule has 2 aromatic rings. The fourth-order valence-electron chi connectivity index (χ4n) is 1.83. The van der Waals surface area contributed by atoms with Crippen molar-refractivity contribution < 1.29 is 19.1 Å². The molecule has 4 heteroatoms. The van der Waals surface area contributed by atoms with Gasteiger partial charge in [-0.05, 0) is 42.0 Å². The molecule has 0 unspecified atom stereocenters. The van der Waals surface area contributed by atoms with E-state index in [1.165, 1.54) is 0 Å². The fraction of sp³-hybridized carbons (Fsp3) is 0.111. The Balaban J connectivity index is 1.94. The van der Waals surface area contributed by atoms with Gasteiger partial charge in [-0.25, -0.2) is 4.79 Å². The second kappa shape index (κ2) is 7.22. The molecule has 0 heterocycles. The molecule has 0 aliphatic heterocycles. The molecule has 112 valence electrons. The lowest BCUT2D eigenvalue weighted by Crippen LogP contribution is -2.14. The van der Waals surface area contributed by atoms with E-state index in [0.717, 1.165) is 5.56 Å². The average Bonchev–Trinajstić information content (AvgIpc) is 2.59. The van der Waals surface area contributed by atoms with Crippen LogP contribution in [-0.4, -0.2) is 25.5 Å². The number of Topliss-reactive ketones (excluding diaryl/α,β-unsaturated/α-hetero) is 1. The molecule has 0 atom stereocenters. The van der Waals surface area contributed by atoms with Gasteiger partial charge in [0.25, 0.3) is 0 Å². The monoisotopic (exact) mass is 296 g/mol. The van der Waals surface area contributed by atoms with Crippen LogP contribution in [-0.2, 0) is 4.74 Å². The molecule has 0 radical (unpaired) electrons. The number of esters is 1. The van der Waals surface area contributed by atoms with Crippen molar-refractivity contribution in [3.05, 3.63) is 71.8 Å². The molecule has 0 amide bonds. The number of hydrogen-bond acceptors (Lipinski definition) is 4. The topological polar surface area (TPSA) is 52.6 Å². The lowest BCUT2D eigenvalue weighted by molar-refractivity contribution is 0.0474. The molecule has 2 aromatic carbocycles. The summed E-state index contributed by atoms with van der Waals surface area (Å²) in [5.41, 5.74) is 1.77. The Morgan fingerprint density at radius 1 is 1.00 bits per heavy atom. The van der Waals surface area contributed by atoms with Gasteiger partial charge >= 0.3 is 5.97 Å². The molecule has 22 heavy (non-hydrogen) atoms. The Bertz CT molecular complexity index is 669. The maximum absolute atomic E-state index is 11.9. The van der Waals surface area contributed by atoms with E-state index in [1.54, 1.807) is 61.7 Å². The normalized spacial score (nSPS) is 9.86. The Hall–Kier alpha value is -2.88. The summed E-state index contributed by atoms with van der Waals surface area (Å²) >= 11 is 0. The van der Waals surface area contributed by atoms with E-state index in [9.17, 15) is 9.59 Å². The first kappa shape index (κ1) is 15.5. The van der Waals surface area contributed by atoms with Crippen LogP contribution in [0.25, 0.3) is 6.08 Å². The average molecular weight is 296 g/mol. The lowest BCUT2D eigenvalue weighted by atomic mass is 10.1. The highest BCUT2D eigenvalue weighted by atomic mass is 16.5. The summed E-state index contributed by atoms with van der Waals surface area (Å²) < 4.78 is 10.0. The van der Waals surface area contributed by atoms with Crippen LogP contribution in [0.1, 0.15) is 26.3 Å². The summed E-state index contributed by atoms with van der Waals surface area (Å²) in [4.78, 5) is 23.8. The molecule has 4 nitrogen and oxygen atoms in total. The van der Waals surface area contributed by atoms with Crippen molar-refractivity contribution in [2.45, 2.75) is 0 Å². The van der Waals surface area contributed by atoms with Crippen molar-refractivity contribution in [2.75, 3.05) is 13.7 Å². The van der Waals surface area contributed by atoms with Crippen molar-refractivity contribution in [3.8, 4) is 5.75 Å². The number of rotatable bonds is 6. The van der Waals surface area contributed by atoms with Crippen molar-refractivity contribution in [1.29, 1.82) is 0 Å². The van der Waals surface area contributed by atoms with Crippen molar-refractivity contribution in [3.63, 3.8) is 0 Å². The van der Waals surface area contributed by atoms with Crippen molar-refractivity contribution in [1.82, 2.24) is 0 Å². The smallest absolute Gasteiger partial charge is 0.338 e. The highest BCUT2D eigenvalue weighted by Crippen LogP contribution is 2.12. The number of methoxy groups -OCH3 is 1. The number of carbonyl (C=O) groups excluding carboxylic acids is 2. The molecule has 0 saturated heterocycles. The van der Waals surface area contributed by atoms with Gasteiger partial charge in [0.05, 0.1) is 12.7 Å². The van der Waals surface area contributed by atoms with Gasteiger partial charge in [0.15, 0.2) is 12.4 Å². The number of carbonyl (C=O) groups is 2. The number of ketones is 1. The maximum Gasteiger partial charge on any atom is 0.338 e. The van der Waals surface area contributed by atoms with Crippen molar-refractivity contribution in [2.24, 2.45) is 0 Å². The van der Waals surface area contributed by atoms with Gasteiger partial charge < -0.3 is 9.47 Å². The van der Waals surface area contributed by atoms with Crippen LogP contribution in [0, 0.1) is 0 Å². The highest BCUT2D eigenvalue weighted by Gasteiger charge is 2.11. The molecule has 0 bridgehead atoms. The number of benzene rings is 2. The molecule has 0 aliphatic carbocycles. The Kier molecular flexibility index (Phi) is 5.09. The molecule has 0 fully saturated rings. The summed E-state index contributed by atoms with van der Waals surface area (Å²) in [6.45, 7) is 3.34. The SMILES string of the molecule is C=Cc1ccc(C(=O)OCC(=O)c2ccc(OC)cc2)cc1. The summed E-state index contributed by atoms with van der Waals surface area (Å²) in [5, 5.41) is 0. The maximum atomic E-state index is 11.9. The largest absolute Gasteiger partial charge is 0.497 e. The zero-order chi connectivity index (χ0) is 15.9. The molecule has 2 rings (SSSR count). The second-order valence-electron chi connectivity index (χ2n) is 4.55. The first-order valence-corrected chi connectivity index (χ1v) is 6.71. The molecular weight excluding hydrogens is 280 g/mol. The van der Waals surface area contributed by atoms with E-state index >= 15 is 0 Å². The minimum absolute atomic E-state index is 0.265. The van der Waals surface area contributed by atoms with Crippen LogP contribution >= 0.6 is 0 Å². The minimum atomic E-state index is -0.530. The number of ether oxygens (including phenoxy) is 2. The summed E-state index contributed by atoms with van der Waals surface area (Å²) in [6, 6.07) is 13.4. The molecule has 0 N–H and O–H groups in total. The molecule has 0 saturated carbocycles. The van der Waals surface area contributed by atoms with E-state index in [4.69, 9.17) is 9.47 Å².